The molecule has 1 aliphatic heterocycles. The van der Waals surface area contributed by atoms with Gasteiger partial charge in [-0.15, -0.1) is 0 Å². The summed E-state index contributed by atoms with van der Waals surface area (Å²) in [4.78, 5) is 12.3. The monoisotopic (exact) mass is 421 g/mol. The third-order valence-corrected chi connectivity index (χ3v) is 4.87. The minimum absolute atomic E-state index is 0.138. The van der Waals surface area contributed by atoms with Crippen molar-refractivity contribution in [2.45, 2.75) is 0 Å². The van der Waals surface area contributed by atoms with Crippen LogP contribution in [0.3, 0.4) is 0 Å². The molecule has 0 saturated carbocycles. The summed E-state index contributed by atoms with van der Waals surface area (Å²) in [7, 11) is 1.61. The van der Waals surface area contributed by atoms with Crippen molar-refractivity contribution < 1.29 is 19.0 Å². The first-order valence-corrected chi connectivity index (χ1v) is 9.83. The van der Waals surface area contributed by atoms with Crippen LogP contribution in [-0.2, 0) is 4.79 Å². The number of anilines is 1. The van der Waals surface area contributed by atoms with E-state index in [-0.39, 0.29) is 5.91 Å². The lowest BCUT2D eigenvalue weighted by molar-refractivity contribution is -0.110. The van der Waals surface area contributed by atoms with Gasteiger partial charge >= 0.3 is 0 Å². The van der Waals surface area contributed by atoms with Crippen LogP contribution < -0.4 is 19.5 Å². The number of fused-ring (bicyclic) bond motifs is 1. The number of carbonyl (C=O) groups is 1. The fraction of sp³-hybridized carbons (Fsp3) is 0.125. The van der Waals surface area contributed by atoms with Gasteiger partial charge in [0.15, 0.2) is 11.5 Å². The first-order valence-electron chi connectivity index (χ1n) is 9.46. The zero-order valence-corrected chi connectivity index (χ0v) is 17.1. The van der Waals surface area contributed by atoms with Crippen LogP contribution in [0.1, 0.15) is 11.1 Å². The molecule has 3 aromatic rings. The van der Waals surface area contributed by atoms with Gasteiger partial charge in [-0.05, 0) is 48.0 Å². The lowest BCUT2D eigenvalue weighted by Crippen LogP contribution is -2.09. The van der Waals surface area contributed by atoms with Crippen LogP contribution in [0.4, 0.5) is 5.69 Å². The summed E-state index contributed by atoms with van der Waals surface area (Å²) in [5, 5.41) is 3.43. The average Bonchev–Trinajstić information content (AvgIpc) is 3.06. The minimum Gasteiger partial charge on any atom is -0.493 e. The normalized spacial score (nSPS) is 13.7. The predicted molar refractivity (Wildman–Crippen MR) is 118 cm³/mol. The number of amides is 1. The number of hydrogen-bond acceptors (Lipinski definition) is 4. The molecule has 152 valence electrons. The summed E-state index contributed by atoms with van der Waals surface area (Å²) in [5.74, 6) is 1.96. The van der Waals surface area contributed by atoms with Gasteiger partial charge < -0.3 is 19.5 Å². The van der Waals surface area contributed by atoms with Gasteiger partial charge in [0.05, 0.1) is 12.8 Å². The van der Waals surface area contributed by atoms with Crippen LogP contribution in [0.5, 0.6) is 17.2 Å². The Balaban J connectivity index is 1.36. The second kappa shape index (κ2) is 8.93. The summed E-state index contributed by atoms with van der Waals surface area (Å²) in [5.41, 5.74) is 3.09. The number of benzene rings is 3. The van der Waals surface area contributed by atoms with Crippen molar-refractivity contribution in [1.82, 2.24) is 0 Å². The van der Waals surface area contributed by atoms with Gasteiger partial charge in [0, 0.05) is 16.2 Å². The summed E-state index contributed by atoms with van der Waals surface area (Å²) >= 11 is 6.00. The molecular weight excluding hydrogens is 402 g/mol. The Hall–Kier alpha value is -3.44. The molecule has 0 fully saturated rings. The lowest BCUT2D eigenvalue weighted by atomic mass is 10.0. The maximum atomic E-state index is 12.3. The first kappa shape index (κ1) is 19.9. The Bertz CT molecular complexity index is 1090. The zero-order valence-electron chi connectivity index (χ0n) is 16.4. The Morgan fingerprint density at radius 2 is 1.67 bits per heavy atom. The maximum Gasteiger partial charge on any atom is 0.256 e. The van der Waals surface area contributed by atoms with Crippen LogP contribution in [0.25, 0.3) is 11.6 Å². The van der Waals surface area contributed by atoms with Gasteiger partial charge in [0.2, 0.25) is 0 Å². The van der Waals surface area contributed by atoms with Crippen molar-refractivity contribution >= 4 is 34.8 Å². The smallest absolute Gasteiger partial charge is 0.256 e. The van der Waals surface area contributed by atoms with E-state index >= 15 is 0 Å². The highest BCUT2D eigenvalue weighted by Gasteiger charge is 2.23. The van der Waals surface area contributed by atoms with Crippen LogP contribution in [0.2, 0.25) is 5.02 Å². The van der Waals surface area contributed by atoms with Gasteiger partial charge in [0.1, 0.15) is 19.0 Å². The molecule has 6 heteroatoms. The molecule has 1 heterocycles. The third kappa shape index (κ3) is 4.42. The van der Waals surface area contributed by atoms with Gasteiger partial charge in [-0.2, -0.15) is 0 Å². The second-order valence-electron chi connectivity index (χ2n) is 6.62. The van der Waals surface area contributed by atoms with Gasteiger partial charge in [-0.25, -0.2) is 0 Å². The molecule has 0 atom stereocenters. The molecule has 0 radical (unpaired) electrons. The van der Waals surface area contributed by atoms with Crippen LogP contribution >= 0.6 is 11.6 Å². The molecule has 3 aromatic carbocycles. The Labute approximate surface area is 179 Å². The molecule has 1 aliphatic rings. The number of nitrogens with one attached hydrogen (secondary N) is 1. The predicted octanol–water partition coefficient (Wildman–Crippen LogP) is 5.30. The molecule has 5 nitrogen and oxygen atoms in total. The summed E-state index contributed by atoms with van der Waals surface area (Å²) in [6, 6.07) is 20.4. The summed E-state index contributed by atoms with van der Waals surface area (Å²) in [6.45, 7) is 0.792. The van der Waals surface area contributed by atoms with Gasteiger partial charge in [-0.1, -0.05) is 41.9 Å². The molecule has 4 rings (SSSR count). The molecule has 0 spiro atoms. The molecule has 0 unspecified atom stereocenters. The van der Waals surface area contributed by atoms with Crippen molar-refractivity contribution in [1.29, 1.82) is 0 Å². The van der Waals surface area contributed by atoms with E-state index in [9.17, 15) is 4.79 Å². The van der Waals surface area contributed by atoms with Crippen molar-refractivity contribution in [2.75, 3.05) is 25.6 Å². The highest BCUT2D eigenvalue weighted by atomic mass is 35.5. The number of rotatable bonds is 7. The number of hydrogen-bond donors (Lipinski definition) is 1. The fourth-order valence-corrected chi connectivity index (χ4v) is 3.36. The average molecular weight is 422 g/mol. The van der Waals surface area contributed by atoms with Gasteiger partial charge in [-0.3, -0.25) is 4.79 Å². The molecule has 0 saturated heterocycles. The quantitative estimate of drug-likeness (QED) is 0.415. The Morgan fingerprint density at radius 1 is 0.933 bits per heavy atom. The first-order chi connectivity index (χ1) is 14.6. The Kier molecular flexibility index (Phi) is 5.91. The Morgan fingerprint density at radius 3 is 2.43 bits per heavy atom. The SMILES string of the molecule is COc1ccccc1OCCOc1ccc(/C=C2/C(=O)Nc3cc(Cl)ccc32)cc1. The largest absolute Gasteiger partial charge is 0.493 e. The van der Waals surface area contributed by atoms with Crippen LogP contribution in [0, 0.1) is 0 Å². The molecule has 0 aromatic heterocycles. The third-order valence-electron chi connectivity index (χ3n) is 4.63. The van der Waals surface area contributed by atoms with Crippen molar-refractivity contribution in [3.8, 4) is 17.2 Å². The molecule has 1 amide bonds. The highest BCUT2D eigenvalue weighted by Crippen LogP contribution is 2.35. The van der Waals surface area contributed by atoms with Gasteiger partial charge in [0.25, 0.3) is 5.91 Å². The van der Waals surface area contributed by atoms with E-state index in [1.807, 2.05) is 60.7 Å². The van der Waals surface area contributed by atoms with E-state index in [1.165, 1.54) is 0 Å². The van der Waals surface area contributed by atoms with E-state index < -0.39 is 0 Å². The summed E-state index contributed by atoms with van der Waals surface area (Å²) < 4.78 is 16.7. The van der Waals surface area contributed by atoms with Crippen molar-refractivity contribution in [3.63, 3.8) is 0 Å². The number of carbonyl (C=O) groups excluding carboxylic acids is 1. The fourth-order valence-electron chi connectivity index (χ4n) is 3.19. The van der Waals surface area contributed by atoms with Crippen LogP contribution in [0.15, 0.2) is 66.7 Å². The number of ether oxygens (including phenoxy) is 3. The highest BCUT2D eigenvalue weighted by molar-refractivity contribution is 6.36. The molecule has 0 aliphatic carbocycles. The van der Waals surface area contributed by atoms with E-state index in [0.29, 0.717) is 35.3 Å². The molecule has 1 N–H and O–H groups in total. The number of methoxy groups -OCH3 is 1. The van der Waals surface area contributed by atoms with E-state index in [0.717, 1.165) is 22.6 Å². The zero-order chi connectivity index (χ0) is 20.9. The van der Waals surface area contributed by atoms with E-state index in [1.54, 1.807) is 19.2 Å². The van der Waals surface area contributed by atoms with Crippen LogP contribution in [-0.4, -0.2) is 26.2 Å². The number of halogens is 1. The lowest BCUT2D eigenvalue weighted by Gasteiger charge is -2.11. The van der Waals surface area contributed by atoms with E-state index in [4.69, 9.17) is 25.8 Å². The molecule has 0 bridgehead atoms. The van der Waals surface area contributed by atoms with E-state index in [2.05, 4.69) is 5.32 Å². The maximum absolute atomic E-state index is 12.3. The standard InChI is InChI=1S/C24H20ClNO4/c1-28-22-4-2-3-5-23(22)30-13-12-29-18-9-6-16(7-10-18)14-20-19-11-8-17(25)15-21(19)26-24(20)27/h2-11,14-15H,12-13H2,1H3,(H,26,27)/b20-14+. The minimum atomic E-state index is -0.138. The summed E-state index contributed by atoms with van der Waals surface area (Å²) in [6.07, 6.45) is 1.85. The number of para-hydroxylation sites is 2. The van der Waals surface area contributed by atoms with Crippen molar-refractivity contribution in [3.05, 3.63) is 82.9 Å². The van der Waals surface area contributed by atoms with Crippen molar-refractivity contribution in [2.24, 2.45) is 0 Å². The second-order valence-corrected chi connectivity index (χ2v) is 7.06. The molecular formula is C24H20ClNO4. The molecule has 30 heavy (non-hydrogen) atoms. The topological polar surface area (TPSA) is 56.8 Å².